The van der Waals surface area contributed by atoms with Crippen LogP contribution in [-0.2, 0) is 11.2 Å². The van der Waals surface area contributed by atoms with Gasteiger partial charge in [0, 0.05) is 34.4 Å². The second-order valence-electron chi connectivity index (χ2n) is 11.3. The van der Waals surface area contributed by atoms with Crippen LogP contribution in [0, 0.1) is 17.5 Å². The number of thioether (sulfide) groups is 1. The summed E-state index contributed by atoms with van der Waals surface area (Å²) in [5, 5.41) is 0.961. The molecule has 0 radical (unpaired) electrons. The number of likely N-dealkylation sites (N-methyl/N-ethyl adjacent to an activating group) is 1. The Kier molecular flexibility index (Phi) is 12.7. The van der Waals surface area contributed by atoms with Crippen LogP contribution in [0.2, 0.25) is 5.02 Å². The van der Waals surface area contributed by atoms with Crippen molar-refractivity contribution in [2.45, 2.75) is 50.9 Å². The summed E-state index contributed by atoms with van der Waals surface area (Å²) < 4.78 is 56.1. The average Bonchev–Trinajstić information content (AvgIpc) is 3.45. The van der Waals surface area contributed by atoms with E-state index in [1.807, 2.05) is 26.0 Å². The molecule has 0 bridgehead atoms. The molecular formula is C34H40Cl2F3N3O2S. The number of hydrogen-bond acceptors (Lipinski definition) is 4. The number of H-pyrrole nitrogens is 1. The van der Waals surface area contributed by atoms with Crippen molar-refractivity contribution in [3.05, 3.63) is 93.9 Å². The number of imidazole rings is 1. The lowest BCUT2D eigenvalue weighted by Gasteiger charge is -2.35. The van der Waals surface area contributed by atoms with Gasteiger partial charge in [-0.3, -0.25) is 0 Å². The number of nitrogens with zero attached hydrogens (tertiary/aromatic N) is 2. The molecule has 1 aromatic heterocycles. The Morgan fingerprint density at radius 1 is 0.933 bits per heavy atom. The van der Waals surface area contributed by atoms with Crippen molar-refractivity contribution in [1.29, 1.82) is 0 Å². The van der Waals surface area contributed by atoms with Gasteiger partial charge < -0.3 is 31.3 Å². The Hall–Kier alpha value is -2.85. The summed E-state index contributed by atoms with van der Waals surface area (Å²) in [7, 11) is 1.55. The Morgan fingerprint density at radius 3 is 2.13 bits per heavy atom. The number of quaternary nitrogens is 1. The first-order chi connectivity index (χ1) is 21.0. The minimum absolute atomic E-state index is 0. The lowest BCUT2D eigenvalue weighted by Crippen LogP contribution is -3.00. The smallest absolute Gasteiger partial charge is 0.166 e. The lowest BCUT2D eigenvalue weighted by atomic mass is 9.79. The maximum Gasteiger partial charge on any atom is 0.166 e. The second kappa shape index (κ2) is 15.6. The van der Waals surface area contributed by atoms with Crippen molar-refractivity contribution < 1.29 is 39.5 Å². The number of aromatic amines is 1. The van der Waals surface area contributed by atoms with Crippen molar-refractivity contribution in [2.75, 3.05) is 39.9 Å². The van der Waals surface area contributed by atoms with Gasteiger partial charge in [0.25, 0.3) is 0 Å². The molecule has 0 atom stereocenters. The largest absolute Gasteiger partial charge is 1.00 e. The third-order valence-electron chi connectivity index (χ3n) is 8.61. The highest BCUT2D eigenvalue weighted by atomic mass is 35.5. The van der Waals surface area contributed by atoms with E-state index in [1.54, 1.807) is 25.3 Å². The molecule has 1 N–H and O–H groups in total. The topological polar surface area (TPSA) is 47.1 Å². The third kappa shape index (κ3) is 8.30. The van der Waals surface area contributed by atoms with E-state index in [1.165, 1.54) is 36.0 Å². The Balaban J connectivity index is 0.00000552. The molecule has 0 unspecified atom stereocenters. The van der Waals surface area contributed by atoms with E-state index >= 15 is 8.78 Å². The molecule has 11 heteroatoms. The number of hydrogen-bond donors (Lipinski definition) is 1. The summed E-state index contributed by atoms with van der Waals surface area (Å²) in [6.45, 7) is 14.5. The van der Waals surface area contributed by atoms with Gasteiger partial charge in [0.2, 0.25) is 0 Å². The van der Waals surface area contributed by atoms with Gasteiger partial charge in [0.15, 0.2) is 5.16 Å². The fourth-order valence-electron chi connectivity index (χ4n) is 5.33. The van der Waals surface area contributed by atoms with E-state index in [0.717, 1.165) is 41.9 Å². The fourth-order valence-corrected chi connectivity index (χ4v) is 6.41. The maximum absolute atomic E-state index is 15.1. The molecule has 0 aliphatic rings. The average molecular weight is 683 g/mol. The third-order valence-corrected chi connectivity index (χ3v) is 9.82. The zero-order valence-electron chi connectivity index (χ0n) is 26.4. The zero-order valence-corrected chi connectivity index (χ0v) is 28.8. The van der Waals surface area contributed by atoms with Crippen LogP contribution in [0.25, 0.3) is 11.3 Å². The van der Waals surface area contributed by atoms with Gasteiger partial charge in [-0.2, -0.15) is 0 Å². The molecule has 45 heavy (non-hydrogen) atoms. The molecule has 4 rings (SSSR count). The van der Waals surface area contributed by atoms with Gasteiger partial charge in [0.05, 0.1) is 43.2 Å². The van der Waals surface area contributed by atoms with Crippen LogP contribution in [0.1, 0.15) is 51.4 Å². The summed E-state index contributed by atoms with van der Waals surface area (Å²) in [5.74, 6) is -0.991. The highest BCUT2D eigenvalue weighted by Crippen LogP contribution is 2.41. The number of benzene rings is 3. The van der Waals surface area contributed by atoms with Crippen molar-refractivity contribution in [1.82, 2.24) is 9.97 Å². The molecule has 0 aliphatic carbocycles. The summed E-state index contributed by atoms with van der Waals surface area (Å²) >= 11 is 7.46. The predicted octanol–water partition coefficient (Wildman–Crippen LogP) is 6.03. The molecule has 0 amide bonds. The van der Waals surface area contributed by atoms with Gasteiger partial charge in [-0.1, -0.05) is 43.3 Å². The fraction of sp³-hybridized carbons (Fsp3) is 0.382. The van der Waals surface area contributed by atoms with Gasteiger partial charge in [-0.15, -0.1) is 0 Å². The maximum atomic E-state index is 15.1. The highest BCUT2D eigenvalue weighted by Gasteiger charge is 2.31. The Morgan fingerprint density at radius 2 is 1.56 bits per heavy atom. The Labute approximate surface area is 279 Å². The molecule has 0 saturated carbocycles. The van der Waals surface area contributed by atoms with Gasteiger partial charge in [-0.05, 0) is 62.7 Å². The first-order valence-corrected chi connectivity index (χ1v) is 16.1. The lowest BCUT2D eigenvalue weighted by molar-refractivity contribution is -0.923. The van der Waals surface area contributed by atoms with E-state index in [2.05, 4.69) is 25.8 Å². The molecule has 5 nitrogen and oxygen atoms in total. The first-order valence-electron chi connectivity index (χ1n) is 14.8. The second-order valence-corrected chi connectivity index (χ2v) is 12.6. The normalized spacial score (nSPS) is 11.8. The van der Waals surface area contributed by atoms with Gasteiger partial charge in [-0.25, -0.2) is 18.2 Å². The number of ether oxygens (including phenoxy) is 2. The number of rotatable bonds is 14. The molecule has 3 aromatic carbocycles. The van der Waals surface area contributed by atoms with Crippen molar-refractivity contribution in [3.63, 3.8) is 0 Å². The number of halogens is 5. The predicted molar refractivity (Wildman–Crippen MR) is 172 cm³/mol. The number of aromatic nitrogens is 2. The van der Waals surface area contributed by atoms with Gasteiger partial charge in [0.1, 0.15) is 42.1 Å². The van der Waals surface area contributed by atoms with E-state index in [0.29, 0.717) is 33.8 Å². The minimum Gasteiger partial charge on any atom is -1.00 e. The summed E-state index contributed by atoms with van der Waals surface area (Å²) in [6, 6.07) is 14.1. The van der Waals surface area contributed by atoms with Crippen LogP contribution >= 0.6 is 23.4 Å². The summed E-state index contributed by atoms with van der Waals surface area (Å²) in [6.07, 6.45) is 0. The molecule has 4 aromatic rings. The number of nitrogens with one attached hydrogen (secondary N) is 1. The van der Waals surface area contributed by atoms with E-state index < -0.39 is 17.0 Å². The summed E-state index contributed by atoms with van der Waals surface area (Å²) in [4.78, 5) is 8.18. The van der Waals surface area contributed by atoms with E-state index in [9.17, 15) is 4.39 Å². The molecule has 0 fully saturated rings. The molecule has 0 aliphatic heterocycles. The monoisotopic (exact) mass is 681 g/mol. The van der Waals surface area contributed by atoms with Crippen LogP contribution in [0.15, 0.2) is 59.8 Å². The highest BCUT2D eigenvalue weighted by molar-refractivity contribution is 7.98. The molecule has 0 spiro atoms. The molecular weight excluding hydrogens is 642 g/mol. The molecule has 0 saturated heterocycles. The van der Waals surface area contributed by atoms with Crippen molar-refractivity contribution >= 4 is 23.4 Å². The molecule has 244 valence electrons. The zero-order chi connectivity index (χ0) is 32.1. The van der Waals surface area contributed by atoms with E-state index in [-0.39, 0.29) is 35.3 Å². The van der Waals surface area contributed by atoms with Crippen LogP contribution in [-0.4, -0.2) is 54.3 Å². The van der Waals surface area contributed by atoms with Crippen LogP contribution in [0.5, 0.6) is 11.5 Å². The number of methoxy groups -OCH3 is 1. The Bertz CT molecular complexity index is 1550. The summed E-state index contributed by atoms with van der Waals surface area (Å²) in [5.41, 5.74) is 2.29. The van der Waals surface area contributed by atoms with Crippen LogP contribution < -0.4 is 21.9 Å². The quantitative estimate of drug-likeness (QED) is 0.130. The van der Waals surface area contributed by atoms with Crippen molar-refractivity contribution in [3.8, 4) is 22.8 Å². The SMILES string of the molecule is CC[N+](CC)(CC)CCOc1cc(F)c(CSc2nc(-c3ccc(F)cc3)c(C(C)(C)c3ccc(Cl)c(OC)c3)[nH]2)c(F)c1.[Cl-]. The molecule has 1 heterocycles. The standard InChI is InChI=1S/C34H40ClF3N3O2S.ClH/c1-7-41(8-2,9-3)16-17-43-25-19-28(37)26(29(38)20-25)21-44-33-39-31(22-10-13-24(36)14-11-22)32(40-33)34(4,5)23-12-15-27(35)30(18-23)42-6;/h10-15,18-20H,7-9,16-17,21H2,1-6H3,(H,39,40);1H/q+1;/p-1. The first kappa shape index (κ1) is 36.6. The van der Waals surface area contributed by atoms with Crippen LogP contribution in [0.4, 0.5) is 13.2 Å². The van der Waals surface area contributed by atoms with Crippen molar-refractivity contribution in [2.24, 2.45) is 0 Å². The minimum atomic E-state index is -0.672. The van der Waals surface area contributed by atoms with Gasteiger partial charge >= 0.3 is 0 Å². The van der Waals surface area contributed by atoms with Crippen LogP contribution in [0.3, 0.4) is 0 Å². The van der Waals surface area contributed by atoms with E-state index in [4.69, 9.17) is 26.1 Å².